The predicted molar refractivity (Wildman–Crippen MR) is 73.0 cm³/mol. The molecule has 0 saturated carbocycles. The molecule has 2 rings (SSSR count). The number of allylic oxidation sites excluding steroid dienone is 1. The van der Waals surface area contributed by atoms with Gasteiger partial charge in [-0.1, -0.05) is 30.8 Å². The van der Waals surface area contributed by atoms with Crippen molar-refractivity contribution in [2.45, 2.75) is 20.1 Å². The first-order valence-corrected chi connectivity index (χ1v) is 6.18. The van der Waals surface area contributed by atoms with E-state index in [1.165, 1.54) is 4.90 Å². The summed E-state index contributed by atoms with van der Waals surface area (Å²) >= 11 is 0. The second kappa shape index (κ2) is 5.71. The molecule has 1 heterocycles. The molecule has 0 N–H and O–H groups in total. The van der Waals surface area contributed by atoms with Gasteiger partial charge < -0.3 is 9.47 Å². The highest BCUT2D eigenvalue weighted by atomic mass is 16.6. The molecular weight excluding hydrogens is 242 g/mol. The number of ether oxygens (including phenoxy) is 2. The monoisotopic (exact) mass is 259 g/mol. The molecule has 100 valence electrons. The Morgan fingerprint density at radius 2 is 2.16 bits per heavy atom. The minimum atomic E-state index is -0.489. The number of amides is 1. The van der Waals surface area contributed by atoms with Crippen LogP contribution in [-0.2, 0) is 9.47 Å². The fourth-order valence-corrected chi connectivity index (χ4v) is 1.96. The lowest BCUT2D eigenvalue weighted by Crippen LogP contribution is -2.34. The lowest BCUT2D eigenvalue weighted by Gasteiger charge is -2.31. The summed E-state index contributed by atoms with van der Waals surface area (Å²) in [6, 6.07) is 7.81. The van der Waals surface area contributed by atoms with Crippen LogP contribution in [0.15, 0.2) is 42.8 Å². The third-order valence-electron chi connectivity index (χ3n) is 2.73. The van der Waals surface area contributed by atoms with Crippen LogP contribution in [0, 0.1) is 0 Å². The first-order chi connectivity index (χ1) is 9.13. The lowest BCUT2D eigenvalue weighted by atomic mass is 10.0. The van der Waals surface area contributed by atoms with E-state index in [4.69, 9.17) is 9.47 Å². The quantitative estimate of drug-likeness (QED) is 0.777. The molecule has 0 spiro atoms. The minimum Gasteiger partial charge on any atom is -0.415 e. The summed E-state index contributed by atoms with van der Waals surface area (Å²) in [5.41, 5.74) is 1.99. The Kier molecular flexibility index (Phi) is 4.02. The summed E-state index contributed by atoms with van der Waals surface area (Å²) in [5.74, 6) is 0.354. The third kappa shape index (κ3) is 2.85. The number of nitrogens with zero attached hydrogens (tertiary/aromatic N) is 1. The molecule has 4 heteroatoms. The highest BCUT2D eigenvalue weighted by molar-refractivity contribution is 5.74. The van der Waals surface area contributed by atoms with Crippen LogP contribution < -0.4 is 0 Å². The third-order valence-corrected chi connectivity index (χ3v) is 2.73. The maximum atomic E-state index is 12.0. The van der Waals surface area contributed by atoms with E-state index in [1.807, 2.05) is 37.3 Å². The Labute approximate surface area is 112 Å². The van der Waals surface area contributed by atoms with E-state index in [0.29, 0.717) is 12.4 Å². The van der Waals surface area contributed by atoms with E-state index in [0.717, 1.165) is 11.1 Å². The number of carbonyl (C=O) groups is 1. The molecule has 0 aromatic heterocycles. The first-order valence-electron chi connectivity index (χ1n) is 6.18. The topological polar surface area (TPSA) is 38.8 Å². The Balaban J connectivity index is 2.31. The van der Waals surface area contributed by atoms with Crippen molar-refractivity contribution in [3.05, 3.63) is 53.9 Å². The Hall–Kier alpha value is -2.07. The summed E-state index contributed by atoms with van der Waals surface area (Å²) in [6.45, 7) is 7.60. The van der Waals surface area contributed by atoms with Crippen molar-refractivity contribution in [1.29, 1.82) is 0 Å². The molecular formula is C15H17NO3. The summed E-state index contributed by atoms with van der Waals surface area (Å²) in [7, 11) is 0. The molecule has 1 aromatic carbocycles. The summed E-state index contributed by atoms with van der Waals surface area (Å²) in [6.07, 6.45) is 2.59. The maximum Gasteiger partial charge on any atom is 0.421 e. The highest BCUT2D eigenvalue weighted by Crippen LogP contribution is 2.31. The van der Waals surface area contributed by atoms with Crippen molar-refractivity contribution in [1.82, 2.24) is 4.90 Å². The van der Waals surface area contributed by atoms with Crippen LogP contribution in [-0.4, -0.2) is 17.6 Å². The molecule has 1 aliphatic heterocycles. The van der Waals surface area contributed by atoms with E-state index in [2.05, 4.69) is 6.58 Å². The van der Waals surface area contributed by atoms with E-state index in [9.17, 15) is 4.79 Å². The van der Waals surface area contributed by atoms with Gasteiger partial charge in [-0.05, 0) is 25.5 Å². The van der Waals surface area contributed by atoms with E-state index < -0.39 is 12.3 Å². The van der Waals surface area contributed by atoms with E-state index in [1.54, 1.807) is 13.1 Å². The second-order valence-electron chi connectivity index (χ2n) is 4.23. The zero-order valence-corrected chi connectivity index (χ0v) is 11.1. The van der Waals surface area contributed by atoms with Crippen LogP contribution in [0.1, 0.15) is 31.2 Å². The fourth-order valence-electron chi connectivity index (χ4n) is 1.96. The first kappa shape index (κ1) is 13.4. The number of benzene rings is 1. The van der Waals surface area contributed by atoms with Crippen LogP contribution >= 0.6 is 0 Å². The zero-order valence-electron chi connectivity index (χ0n) is 11.1. The summed E-state index contributed by atoms with van der Waals surface area (Å²) in [4.78, 5) is 13.4. The molecule has 0 radical (unpaired) electrons. The SMILES string of the molecule is C=C(C)OC(=O)N1C=Cc2ccccc2C1OCC. The molecule has 0 fully saturated rings. The van der Waals surface area contributed by atoms with Gasteiger partial charge in [-0.15, -0.1) is 0 Å². The molecule has 1 aromatic rings. The van der Waals surface area contributed by atoms with Gasteiger partial charge in [0.05, 0.1) is 5.76 Å². The summed E-state index contributed by atoms with van der Waals surface area (Å²) in [5, 5.41) is 0. The number of hydrogen-bond acceptors (Lipinski definition) is 3. The molecule has 0 aliphatic carbocycles. The van der Waals surface area contributed by atoms with Gasteiger partial charge in [0.15, 0.2) is 6.23 Å². The standard InChI is InChI=1S/C15H17NO3/c1-4-18-14-13-8-6-5-7-12(13)9-10-16(14)15(17)19-11(2)3/h5-10,14H,2,4H2,1,3H3. The van der Waals surface area contributed by atoms with Crippen molar-refractivity contribution in [3.63, 3.8) is 0 Å². The Morgan fingerprint density at radius 1 is 1.42 bits per heavy atom. The predicted octanol–water partition coefficient (Wildman–Crippen LogP) is 3.68. The molecule has 1 atom stereocenters. The normalized spacial score (nSPS) is 16.9. The molecule has 19 heavy (non-hydrogen) atoms. The smallest absolute Gasteiger partial charge is 0.415 e. The van der Waals surface area contributed by atoms with Crippen LogP contribution in [0.5, 0.6) is 0 Å². The van der Waals surface area contributed by atoms with Gasteiger partial charge >= 0.3 is 6.09 Å². The highest BCUT2D eigenvalue weighted by Gasteiger charge is 2.29. The second-order valence-corrected chi connectivity index (χ2v) is 4.23. The van der Waals surface area contributed by atoms with Gasteiger partial charge in [-0.2, -0.15) is 0 Å². The largest absolute Gasteiger partial charge is 0.421 e. The van der Waals surface area contributed by atoms with Crippen molar-refractivity contribution in [3.8, 4) is 0 Å². The average molecular weight is 259 g/mol. The molecule has 1 unspecified atom stereocenters. The van der Waals surface area contributed by atoms with Gasteiger partial charge in [-0.3, -0.25) is 4.90 Å². The van der Waals surface area contributed by atoms with Crippen LogP contribution in [0.2, 0.25) is 0 Å². The minimum absolute atomic E-state index is 0.354. The van der Waals surface area contributed by atoms with Crippen molar-refractivity contribution >= 4 is 12.2 Å². The van der Waals surface area contributed by atoms with Crippen molar-refractivity contribution in [2.75, 3.05) is 6.61 Å². The van der Waals surface area contributed by atoms with Gasteiger partial charge in [0.1, 0.15) is 0 Å². The summed E-state index contributed by atoms with van der Waals surface area (Å²) < 4.78 is 10.7. The molecule has 1 aliphatic rings. The van der Waals surface area contributed by atoms with Gasteiger partial charge in [-0.25, -0.2) is 4.79 Å². The van der Waals surface area contributed by atoms with Crippen LogP contribution in [0.25, 0.3) is 6.08 Å². The van der Waals surface area contributed by atoms with Crippen molar-refractivity contribution < 1.29 is 14.3 Å². The van der Waals surface area contributed by atoms with Gasteiger partial charge in [0, 0.05) is 18.4 Å². The van der Waals surface area contributed by atoms with Crippen LogP contribution in [0.3, 0.4) is 0 Å². The molecule has 4 nitrogen and oxygen atoms in total. The van der Waals surface area contributed by atoms with E-state index >= 15 is 0 Å². The molecule has 1 amide bonds. The average Bonchev–Trinajstić information content (AvgIpc) is 2.38. The number of fused-ring (bicyclic) bond motifs is 1. The van der Waals surface area contributed by atoms with E-state index in [-0.39, 0.29) is 0 Å². The molecule has 0 saturated heterocycles. The Bertz CT molecular complexity index is 522. The number of carbonyl (C=O) groups excluding carboxylic acids is 1. The van der Waals surface area contributed by atoms with Gasteiger partial charge in [0.25, 0.3) is 0 Å². The van der Waals surface area contributed by atoms with Gasteiger partial charge in [0.2, 0.25) is 0 Å². The van der Waals surface area contributed by atoms with Crippen molar-refractivity contribution in [2.24, 2.45) is 0 Å². The molecule has 0 bridgehead atoms. The lowest BCUT2D eigenvalue weighted by molar-refractivity contribution is -0.0278. The number of rotatable bonds is 3. The maximum absolute atomic E-state index is 12.0. The zero-order chi connectivity index (χ0) is 13.8. The number of hydrogen-bond donors (Lipinski definition) is 0. The Morgan fingerprint density at radius 3 is 2.84 bits per heavy atom. The fraction of sp³-hybridized carbons (Fsp3) is 0.267. The van der Waals surface area contributed by atoms with Crippen LogP contribution in [0.4, 0.5) is 4.79 Å².